The minimum atomic E-state index is 0.595. The van der Waals surface area contributed by atoms with Crippen LogP contribution in [0.1, 0.15) is 39.5 Å². The molecule has 0 aliphatic carbocycles. The van der Waals surface area contributed by atoms with E-state index in [1.807, 2.05) is 24.3 Å². The number of rotatable bonds is 7. The van der Waals surface area contributed by atoms with Crippen molar-refractivity contribution in [2.75, 3.05) is 37.7 Å². The van der Waals surface area contributed by atoms with E-state index in [2.05, 4.69) is 23.6 Å². The van der Waals surface area contributed by atoms with E-state index in [4.69, 9.17) is 15.9 Å². The van der Waals surface area contributed by atoms with Crippen LogP contribution in [0, 0.1) is 11.3 Å². The van der Waals surface area contributed by atoms with Gasteiger partial charge in [-0.2, -0.15) is 0 Å². The van der Waals surface area contributed by atoms with Crippen molar-refractivity contribution in [3.63, 3.8) is 0 Å². The van der Waals surface area contributed by atoms with Crippen molar-refractivity contribution in [1.29, 1.82) is 5.41 Å². The minimum Gasteiger partial charge on any atom is -0.494 e. The quantitative estimate of drug-likeness (QED) is 0.594. The molecule has 1 aromatic rings. The number of nitrogens with one attached hydrogen (secondary N) is 1. The number of nitrogens with two attached hydrogens (primary N) is 1. The summed E-state index contributed by atoms with van der Waals surface area (Å²) in [5.74, 6) is 2.25. The highest BCUT2D eigenvalue weighted by Crippen LogP contribution is 2.23. The summed E-state index contributed by atoms with van der Waals surface area (Å²) >= 11 is 0. The molecule has 0 radical (unpaired) electrons. The van der Waals surface area contributed by atoms with E-state index in [9.17, 15) is 0 Å². The maximum absolute atomic E-state index is 8.67. The average molecular weight is 332 g/mol. The van der Waals surface area contributed by atoms with Gasteiger partial charge in [0.2, 0.25) is 0 Å². The summed E-state index contributed by atoms with van der Waals surface area (Å²) in [4.78, 5) is 4.27. The van der Waals surface area contributed by atoms with E-state index >= 15 is 0 Å². The number of piperidine rings is 1. The fraction of sp³-hybridized carbons (Fsp3) is 0.632. The van der Waals surface area contributed by atoms with Crippen LogP contribution in [0.5, 0.6) is 5.75 Å². The molecule has 1 saturated heterocycles. The highest BCUT2D eigenvalue weighted by Gasteiger charge is 2.22. The van der Waals surface area contributed by atoms with Gasteiger partial charge in [0, 0.05) is 25.3 Å². The van der Waals surface area contributed by atoms with Gasteiger partial charge in [-0.15, -0.1) is 0 Å². The summed E-state index contributed by atoms with van der Waals surface area (Å²) in [6.45, 7) is 8.48. The Labute approximate surface area is 146 Å². The molecule has 0 aromatic heterocycles. The first-order chi connectivity index (χ1) is 11.7. The maximum Gasteiger partial charge on any atom is 0.198 e. The van der Waals surface area contributed by atoms with Crippen LogP contribution in [0.15, 0.2) is 24.3 Å². The van der Waals surface area contributed by atoms with Crippen molar-refractivity contribution in [1.82, 2.24) is 4.90 Å². The second-order valence-electron chi connectivity index (χ2n) is 6.63. The van der Waals surface area contributed by atoms with Crippen molar-refractivity contribution in [2.24, 2.45) is 11.7 Å². The van der Waals surface area contributed by atoms with Crippen molar-refractivity contribution < 1.29 is 4.74 Å². The van der Waals surface area contributed by atoms with Crippen molar-refractivity contribution in [2.45, 2.75) is 39.5 Å². The van der Waals surface area contributed by atoms with Crippen LogP contribution < -0.4 is 15.4 Å². The first kappa shape index (κ1) is 18.6. The molecule has 1 aliphatic heterocycles. The molecule has 2 rings (SSSR count). The van der Waals surface area contributed by atoms with Gasteiger partial charge >= 0.3 is 0 Å². The van der Waals surface area contributed by atoms with Gasteiger partial charge in [0.15, 0.2) is 5.96 Å². The standard InChI is InChI=1S/C19H32N4O/c1-3-15-24-18-7-5-17(6-8-18)23(12-4-11-20)19(21)22-13-9-16(2)10-14-22/h5-8,16,21H,3-4,9-15,20H2,1-2H3. The van der Waals surface area contributed by atoms with Gasteiger partial charge in [-0.1, -0.05) is 13.8 Å². The Morgan fingerprint density at radius 2 is 1.96 bits per heavy atom. The van der Waals surface area contributed by atoms with Gasteiger partial charge in [0.25, 0.3) is 0 Å². The molecule has 0 atom stereocenters. The third-order valence-corrected chi connectivity index (χ3v) is 4.55. The molecule has 1 fully saturated rings. The Morgan fingerprint density at radius 1 is 1.29 bits per heavy atom. The normalized spacial score (nSPS) is 15.4. The van der Waals surface area contributed by atoms with E-state index in [0.717, 1.165) is 69.3 Å². The molecule has 0 unspecified atom stereocenters. The molecule has 3 N–H and O–H groups in total. The van der Waals surface area contributed by atoms with Crippen LogP contribution in [0.4, 0.5) is 5.69 Å². The minimum absolute atomic E-state index is 0.595. The summed E-state index contributed by atoms with van der Waals surface area (Å²) < 4.78 is 5.66. The number of benzene rings is 1. The summed E-state index contributed by atoms with van der Waals surface area (Å²) in [5.41, 5.74) is 6.74. The number of guanidine groups is 1. The fourth-order valence-corrected chi connectivity index (χ4v) is 2.94. The van der Waals surface area contributed by atoms with Gasteiger partial charge in [0.1, 0.15) is 5.75 Å². The molecule has 5 heteroatoms. The van der Waals surface area contributed by atoms with Gasteiger partial charge in [-0.3, -0.25) is 5.41 Å². The second kappa shape index (κ2) is 9.52. The predicted octanol–water partition coefficient (Wildman–Crippen LogP) is 3.30. The number of nitrogens with zero attached hydrogens (tertiary/aromatic N) is 2. The summed E-state index contributed by atoms with van der Waals surface area (Å²) in [7, 11) is 0. The van der Waals surface area contributed by atoms with Crippen LogP contribution >= 0.6 is 0 Å². The molecular weight excluding hydrogens is 300 g/mol. The van der Waals surface area contributed by atoms with Gasteiger partial charge in [-0.05, 0) is 62.4 Å². The molecular formula is C19H32N4O. The molecule has 0 saturated carbocycles. The highest BCUT2D eigenvalue weighted by molar-refractivity contribution is 5.93. The van der Waals surface area contributed by atoms with Crippen LogP contribution in [-0.2, 0) is 0 Å². The van der Waals surface area contributed by atoms with Crippen LogP contribution in [0.2, 0.25) is 0 Å². The van der Waals surface area contributed by atoms with E-state index in [1.165, 1.54) is 0 Å². The highest BCUT2D eigenvalue weighted by atomic mass is 16.5. The summed E-state index contributed by atoms with van der Waals surface area (Å²) in [6, 6.07) is 8.07. The van der Waals surface area contributed by atoms with Crippen molar-refractivity contribution in [3.8, 4) is 5.75 Å². The van der Waals surface area contributed by atoms with E-state index < -0.39 is 0 Å². The lowest BCUT2D eigenvalue weighted by Gasteiger charge is -2.37. The number of hydrogen-bond donors (Lipinski definition) is 2. The SMILES string of the molecule is CCCOc1ccc(N(CCCN)C(=N)N2CCC(C)CC2)cc1. The Kier molecular flexibility index (Phi) is 7.37. The van der Waals surface area contributed by atoms with Crippen LogP contribution in [-0.4, -0.2) is 43.6 Å². The van der Waals surface area contributed by atoms with Gasteiger partial charge in [0.05, 0.1) is 6.61 Å². The molecule has 1 aliphatic rings. The summed E-state index contributed by atoms with van der Waals surface area (Å²) in [5, 5.41) is 8.67. The molecule has 5 nitrogen and oxygen atoms in total. The molecule has 1 aromatic carbocycles. The Morgan fingerprint density at radius 3 is 2.54 bits per heavy atom. The predicted molar refractivity (Wildman–Crippen MR) is 101 cm³/mol. The summed E-state index contributed by atoms with van der Waals surface area (Å²) in [6.07, 6.45) is 4.21. The zero-order valence-corrected chi connectivity index (χ0v) is 15.1. The van der Waals surface area contributed by atoms with Crippen molar-refractivity contribution >= 4 is 11.6 Å². The third kappa shape index (κ3) is 5.13. The monoisotopic (exact) mass is 332 g/mol. The third-order valence-electron chi connectivity index (χ3n) is 4.55. The molecule has 1 heterocycles. The van der Waals surface area contributed by atoms with E-state index in [0.29, 0.717) is 12.5 Å². The lowest BCUT2D eigenvalue weighted by molar-refractivity contribution is 0.275. The zero-order chi connectivity index (χ0) is 17.4. The Hall–Kier alpha value is -1.75. The topological polar surface area (TPSA) is 65.6 Å². The first-order valence-corrected chi connectivity index (χ1v) is 9.19. The number of hydrogen-bond acceptors (Lipinski definition) is 3. The van der Waals surface area contributed by atoms with Gasteiger partial charge < -0.3 is 20.3 Å². The average Bonchev–Trinajstić information content (AvgIpc) is 2.61. The number of ether oxygens (including phenoxy) is 1. The smallest absolute Gasteiger partial charge is 0.198 e. The van der Waals surface area contributed by atoms with Gasteiger partial charge in [-0.25, -0.2) is 0 Å². The van der Waals surface area contributed by atoms with E-state index in [1.54, 1.807) is 0 Å². The molecule has 0 bridgehead atoms. The molecule has 134 valence electrons. The number of anilines is 1. The van der Waals surface area contributed by atoms with E-state index in [-0.39, 0.29) is 0 Å². The largest absolute Gasteiger partial charge is 0.494 e. The lowest BCUT2D eigenvalue weighted by atomic mass is 9.99. The number of likely N-dealkylation sites (tertiary alicyclic amines) is 1. The molecule has 0 amide bonds. The van der Waals surface area contributed by atoms with Crippen LogP contribution in [0.25, 0.3) is 0 Å². The fourth-order valence-electron chi connectivity index (χ4n) is 2.94. The molecule has 24 heavy (non-hydrogen) atoms. The molecule has 0 spiro atoms. The van der Waals surface area contributed by atoms with Crippen molar-refractivity contribution in [3.05, 3.63) is 24.3 Å². The first-order valence-electron chi connectivity index (χ1n) is 9.19. The lowest BCUT2D eigenvalue weighted by Crippen LogP contribution is -2.47. The Bertz CT molecular complexity index is 495. The van der Waals surface area contributed by atoms with Crippen LogP contribution in [0.3, 0.4) is 0 Å². The maximum atomic E-state index is 8.67. The zero-order valence-electron chi connectivity index (χ0n) is 15.1. The second-order valence-corrected chi connectivity index (χ2v) is 6.63. The Balaban J connectivity index is 2.07.